The van der Waals surface area contributed by atoms with Crippen molar-refractivity contribution < 1.29 is 19.8 Å². The number of carboxylic acid groups (broad SMARTS) is 2. The Labute approximate surface area is 127 Å². The van der Waals surface area contributed by atoms with E-state index in [1.54, 1.807) is 16.8 Å². The lowest BCUT2D eigenvalue weighted by atomic mass is 9.90. The van der Waals surface area contributed by atoms with Gasteiger partial charge in [-0.1, -0.05) is 38.1 Å². The summed E-state index contributed by atoms with van der Waals surface area (Å²) in [7, 11) is 0. The molecule has 0 unspecified atom stereocenters. The van der Waals surface area contributed by atoms with E-state index in [0.717, 1.165) is 5.56 Å². The Hall–Kier alpha value is -2.70. The van der Waals surface area contributed by atoms with Gasteiger partial charge in [0.05, 0.1) is 17.8 Å². The van der Waals surface area contributed by atoms with E-state index in [2.05, 4.69) is 10.3 Å². The molecule has 0 radical (unpaired) electrons. The molecular weight excluding hydrogens is 286 g/mol. The molecule has 1 aromatic heterocycles. The zero-order chi connectivity index (χ0) is 16.5. The van der Waals surface area contributed by atoms with E-state index in [-0.39, 0.29) is 11.3 Å². The minimum atomic E-state index is -1.11. The van der Waals surface area contributed by atoms with E-state index in [0.29, 0.717) is 12.2 Å². The summed E-state index contributed by atoms with van der Waals surface area (Å²) in [6.45, 7) is 6.00. The van der Waals surface area contributed by atoms with Crippen LogP contribution in [0.1, 0.15) is 52.9 Å². The number of nitrogens with zero attached hydrogens (tertiary/aromatic N) is 3. The molecule has 0 amide bonds. The second-order valence-electron chi connectivity index (χ2n) is 6.00. The van der Waals surface area contributed by atoms with Crippen LogP contribution in [0, 0.1) is 0 Å². The molecule has 7 nitrogen and oxygen atoms in total. The van der Waals surface area contributed by atoms with Gasteiger partial charge in [-0.15, -0.1) is 5.10 Å². The van der Waals surface area contributed by atoms with Gasteiger partial charge in [0.2, 0.25) is 0 Å². The Kier molecular flexibility index (Phi) is 3.99. The zero-order valence-corrected chi connectivity index (χ0v) is 12.6. The number of carbonyl (C=O) groups is 2. The van der Waals surface area contributed by atoms with Gasteiger partial charge in [0, 0.05) is 5.41 Å². The van der Waals surface area contributed by atoms with Crippen molar-refractivity contribution in [2.45, 2.75) is 32.7 Å². The van der Waals surface area contributed by atoms with Crippen LogP contribution in [-0.2, 0) is 12.0 Å². The normalized spacial score (nSPS) is 11.4. The first-order valence-electron chi connectivity index (χ1n) is 6.69. The van der Waals surface area contributed by atoms with Crippen LogP contribution in [-0.4, -0.2) is 37.1 Å². The Balaban J connectivity index is 2.37. The summed E-state index contributed by atoms with van der Waals surface area (Å²) >= 11 is 0. The predicted molar refractivity (Wildman–Crippen MR) is 78.2 cm³/mol. The molecule has 1 aromatic carbocycles. The largest absolute Gasteiger partial charge is 0.478 e. The van der Waals surface area contributed by atoms with Crippen molar-refractivity contribution in [3.8, 4) is 0 Å². The summed E-state index contributed by atoms with van der Waals surface area (Å²) in [6.07, 6.45) is 0. The molecule has 0 bridgehead atoms. The van der Waals surface area contributed by atoms with E-state index in [1.165, 1.54) is 12.1 Å². The van der Waals surface area contributed by atoms with Crippen LogP contribution in [0.15, 0.2) is 24.3 Å². The minimum absolute atomic E-state index is 0.0605. The molecule has 0 fully saturated rings. The van der Waals surface area contributed by atoms with E-state index in [9.17, 15) is 14.7 Å². The average Bonchev–Trinajstić information content (AvgIpc) is 2.83. The van der Waals surface area contributed by atoms with E-state index in [4.69, 9.17) is 5.11 Å². The van der Waals surface area contributed by atoms with Crippen LogP contribution in [0.5, 0.6) is 0 Å². The van der Waals surface area contributed by atoms with E-state index in [1.807, 2.05) is 20.8 Å². The lowest BCUT2D eigenvalue weighted by Gasteiger charge is -2.20. The summed E-state index contributed by atoms with van der Waals surface area (Å²) in [5, 5.41) is 25.8. The molecule has 2 rings (SSSR count). The zero-order valence-electron chi connectivity index (χ0n) is 12.6. The number of carboxylic acids is 2. The van der Waals surface area contributed by atoms with Gasteiger partial charge >= 0.3 is 11.9 Å². The maximum absolute atomic E-state index is 11.3. The Bertz CT molecular complexity index is 711. The van der Waals surface area contributed by atoms with Crippen molar-refractivity contribution in [2.24, 2.45) is 0 Å². The molecule has 7 heteroatoms. The van der Waals surface area contributed by atoms with Crippen LogP contribution >= 0.6 is 0 Å². The number of hydrogen-bond donors (Lipinski definition) is 2. The summed E-state index contributed by atoms with van der Waals surface area (Å²) in [4.78, 5) is 22.1. The van der Waals surface area contributed by atoms with Crippen LogP contribution < -0.4 is 0 Å². The second-order valence-corrected chi connectivity index (χ2v) is 6.00. The van der Waals surface area contributed by atoms with Crippen molar-refractivity contribution in [1.82, 2.24) is 15.0 Å². The highest BCUT2D eigenvalue weighted by atomic mass is 16.4. The number of benzene rings is 1. The first-order valence-corrected chi connectivity index (χ1v) is 6.69. The predicted octanol–water partition coefficient (Wildman–Crippen LogP) is 2.02. The molecule has 1 heterocycles. The lowest BCUT2D eigenvalue weighted by Crippen LogP contribution is -2.22. The molecule has 0 saturated carbocycles. The molecule has 0 aliphatic heterocycles. The van der Waals surface area contributed by atoms with Gasteiger partial charge < -0.3 is 10.2 Å². The molecule has 0 atom stereocenters. The van der Waals surface area contributed by atoms with Crippen molar-refractivity contribution in [3.05, 3.63) is 46.8 Å². The van der Waals surface area contributed by atoms with Crippen LogP contribution in [0.25, 0.3) is 0 Å². The molecule has 0 saturated heterocycles. The monoisotopic (exact) mass is 303 g/mol. The summed E-state index contributed by atoms with van der Waals surface area (Å²) in [5.41, 5.74) is 1.05. The fraction of sp³-hybridized carbons (Fsp3) is 0.333. The molecule has 0 spiro atoms. The lowest BCUT2D eigenvalue weighted by molar-refractivity contribution is 0.0680. The maximum atomic E-state index is 11.3. The topological polar surface area (TPSA) is 105 Å². The van der Waals surface area contributed by atoms with E-state index >= 15 is 0 Å². The summed E-state index contributed by atoms with van der Waals surface area (Å²) < 4.78 is 1.54. The third-order valence-corrected chi connectivity index (χ3v) is 3.18. The first kappa shape index (κ1) is 15.7. The van der Waals surface area contributed by atoms with Crippen molar-refractivity contribution >= 4 is 11.9 Å². The van der Waals surface area contributed by atoms with Crippen LogP contribution in [0.4, 0.5) is 0 Å². The van der Waals surface area contributed by atoms with Gasteiger partial charge in [-0.3, -0.25) is 0 Å². The van der Waals surface area contributed by atoms with Crippen molar-refractivity contribution in [1.29, 1.82) is 0 Å². The van der Waals surface area contributed by atoms with Crippen molar-refractivity contribution in [2.75, 3.05) is 0 Å². The van der Waals surface area contributed by atoms with Gasteiger partial charge in [0.1, 0.15) is 0 Å². The Morgan fingerprint density at radius 3 is 2.14 bits per heavy atom. The highest BCUT2D eigenvalue weighted by Crippen LogP contribution is 2.25. The second kappa shape index (κ2) is 5.59. The van der Waals surface area contributed by atoms with Gasteiger partial charge in [-0.2, -0.15) is 0 Å². The van der Waals surface area contributed by atoms with Crippen LogP contribution in [0.2, 0.25) is 0 Å². The van der Waals surface area contributed by atoms with E-state index < -0.39 is 17.4 Å². The number of aromatic carboxylic acids is 2. The number of aromatic nitrogens is 3. The first-order chi connectivity index (χ1) is 10.2. The third kappa shape index (κ3) is 3.13. The van der Waals surface area contributed by atoms with Gasteiger partial charge in [0.25, 0.3) is 0 Å². The minimum Gasteiger partial charge on any atom is -0.478 e. The van der Waals surface area contributed by atoms with Crippen molar-refractivity contribution in [3.63, 3.8) is 0 Å². The van der Waals surface area contributed by atoms with Crippen LogP contribution in [0.3, 0.4) is 0 Å². The fourth-order valence-corrected chi connectivity index (χ4v) is 2.24. The quantitative estimate of drug-likeness (QED) is 0.895. The molecule has 2 N–H and O–H groups in total. The summed E-state index contributed by atoms with van der Waals surface area (Å²) in [5.74, 6) is -2.10. The molecule has 22 heavy (non-hydrogen) atoms. The molecule has 0 aliphatic rings. The molecule has 0 aliphatic carbocycles. The third-order valence-electron chi connectivity index (χ3n) is 3.18. The van der Waals surface area contributed by atoms with Gasteiger partial charge in [0.15, 0.2) is 5.69 Å². The molecule has 116 valence electrons. The Morgan fingerprint density at radius 1 is 1.09 bits per heavy atom. The highest BCUT2D eigenvalue weighted by molar-refractivity contribution is 5.87. The molecular formula is C15H17N3O4. The summed E-state index contributed by atoms with van der Waals surface area (Å²) in [6, 6.07) is 6.36. The smallest absolute Gasteiger partial charge is 0.358 e. The Morgan fingerprint density at radius 2 is 1.68 bits per heavy atom. The SMILES string of the molecule is CC(C)(C)c1c(C(=O)O)nnn1Cc1ccc(C(=O)O)cc1. The standard InChI is InChI=1S/C15H17N3O4/c1-15(2,3)12-11(14(21)22)16-17-18(12)8-9-4-6-10(7-5-9)13(19)20/h4-7H,8H2,1-3H3,(H,19,20)(H,21,22). The van der Waals surface area contributed by atoms with Gasteiger partial charge in [-0.25, -0.2) is 14.3 Å². The highest BCUT2D eigenvalue weighted by Gasteiger charge is 2.28. The average molecular weight is 303 g/mol. The fourth-order valence-electron chi connectivity index (χ4n) is 2.24. The van der Waals surface area contributed by atoms with Gasteiger partial charge in [-0.05, 0) is 17.7 Å². The molecule has 2 aromatic rings. The number of hydrogen-bond acceptors (Lipinski definition) is 4. The number of rotatable bonds is 4. The maximum Gasteiger partial charge on any atom is 0.358 e.